The number of hydrazone groups is 1. The average molecular weight is 269 g/mol. The second kappa shape index (κ2) is 6.51. The molecule has 0 aliphatic carbocycles. The first-order valence-corrected chi connectivity index (χ1v) is 7.22. The fourth-order valence-corrected chi connectivity index (χ4v) is 2.11. The van der Waals surface area contributed by atoms with E-state index in [9.17, 15) is 0 Å². The van der Waals surface area contributed by atoms with Gasteiger partial charge in [0.25, 0.3) is 0 Å². The van der Waals surface area contributed by atoms with Crippen molar-refractivity contribution in [2.24, 2.45) is 11.0 Å². The highest BCUT2D eigenvalue weighted by Crippen LogP contribution is 2.19. The topological polar surface area (TPSA) is 37.3 Å². The zero-order valence-electron chi connectivity index (χ0n) is 12.8. The highest BCUT2D eigenvalue weighted by atomic mass is 15.3. The number of pyridine rings is 1. The molecule has 2 rings (SSSR count). The highest BCUT2D eigenvalue weighted by Gasteiger charge is 2.02. The summed E-state index contributed by atoms with van der Waals surface area (Å²) in [7, 11) is 0. The summed E-state index contributed by atoms with van der Waals surface area (Å²) in [6.07, 6.45) is 2.19. The van der Waals surface area contributed by atoms with Crippen LogP contribution in [-0.4, -0.2) is 10.7 Å². The number of benzene rings is 1. The zero-order valence-corrected chi connectivity index (χ0v) is 12.8. The van der Waals surface area contributed by atoms with E-state index in [4.69, 9.17) is 0 Å². The molecule has 1 N–H and O–H groups in total. The number of hydrogen-bond acceptors (Lipinski definition) is 3. The number of aryl methyl sites for hydroxylation is 1. The van der Waals surface area contributed by atoms with Crippen molar-refractivity contribution < 1.29 is 0 Å². The van der Waals surface area contributed by atoms with Crippen LogP contribution < -0.4 is 5.43 Å². The summed E-state index contributed by atoms with van der Waals surface area (Å²) in [6, 6.07) is 10.2. The van der Waals surface area contributed by atoms with Crippen molar-refractivity contribution in [1.82, 2.24) is 4.98 Å². The van der Waals surface area contributed by atoms with E-state index in [-0.39, 0.29) is 0 Å². The van der Waals surface area contributed by atoms with Crippen LogP contribution >= 0.6 is 0 Å². The Hall–Kier alpha value is -1.90. The molecule has 1 heterocycles. The molecular weight excluding hydrogens is 246 g/mol. The molecule has 1 aromatic carbocycles. The molecule has 1 aromatic heterocycles. The molecule has 3 heteroatoms. The molecule has 0 aliphatic heterocycles. The van der Waals surface area contributed by atoms with Crippen molar-refractivity contribution in [2.75, 3.05) is 5.43 Å². The van der Waals surface area contributed by atoms with Crippen LogP contribution in [0.2, 0.25) is 0 Å². The molecule has 0 radical (unpaired) electrons. The van der Waals surface area contributed by atoms with Gasteiger partial charge in [0.15, 0.2) is 0 Å². The fourth-order valence-electron chi connectivity index (χ4n) is 2.11. The number of para-hydroxylation sites is 1. The van der Waals surface area contributed by atoms with Crippen molar-refractivity contribution >= 4 is 22.4 Å². The predicted molar refractivity (Wildman–Crippen MR) is 87.3 cm³/mol. The number of aromatic nitrogens is 1. The molecule has 0 aliphatic rings. The Labute approximate surface area is 121 Å². The summed E-state index contributed by atoms with van der Waals surface area (Å²) in [5.74, 6) is 1.52. The van der Waals surface area contributed by atoms with Gasteiger partial charge >= 0.3 is 0 Å². The third kappa shape index (κ3) is 3.80. The van der Waals surface area contributed by atoms with Crippen LogP contribution in [0.5, 0.6) is 0 Å². The third-order valence-corrected chi connectivity index (χ3v) is 3.37. The molecule has 0 bridgehead atoms. The number of hydrogen-bond donors (Lipinski definition) is 1. The molecule has 0 amide bonds. The SMILES string of the molecule is CC(CCC(C)C)=NNc1cc(C)c2ccccc2n1. The number of anilines is 1. The highest BCUT2D eigenvalue weighted by molar-refractivity contribution is 5.85. The van der Waals surface area contributed by atoms with Gasteiger partial charge < -0.3 is 0 Å². The van der Waals surface area contributed by atoms with Gasteiger partial charge in [0.1, 0.15) is 5.82 Å². The van der Waals surface area contributed by atoms with Gasteiger partial charge in [-0.05, 0) is 50.3 Å². The van der Waals surface area contributed by atoms with Gasteiger partial charge in [0, 0.05) is 11.1 Å². The van der Waals surface area contributed by atoms with Crippen LogP contribution in [0.3, 0.4) is 0 Å². The second-order valence-electron chi connectivity index (χ2n) is 5.73. The van der Waals surface area contributed by atoms with Crippen molar-refractivity contribution in [3.8, 4) is 0 Å². The first-order chi connectivity index (χ1) is 9.56. The normalized spacial score (nSPS) is 12.2. The monoisotopic (exact) mass is 269 g/mol. The van der Waals surface area contributed by atoms with Crippen LogP contribution in [0.1, 0.15) is 39.2 Å². The van der Waals surface area contributed by atoms with Crippen LogP contribution in [0.15, 0.2) is 35.4 Å². The van der Waals surface area contributed by atoms with Crippen molar-refractivity contribution in [3.63, 3.8) is 0 Å². The van der Waals surface area contributed by atoms with Crippen LogP contribution in [0, 0.1) is 12.8 Å². The number of nitrogens with one attached hydrogen (secondary N) is 1. The molecule has 0 fully saturated rings. The molecule has 0 saturated heterocycles. The summed E-state index contributed by atoms with van der Waals surface area (Å²) in [6.45, 7) is 8.62. The lowest BCUT2D eigenvalue weighted by Gasteiger charge is -2.07. The van der Waals surface area contributed by atoms with E-state index >= 15 is 0 Å². The van der Waals surface area contributed by atoms with Gasteiger partial charge in [0.05, 0.1) is 5.52 Å². The lowest BCUT2D eigenvalue weighted by Crippen LogP contribution is -2.01. The van der Waals surface area contributed by atoms with Gasteiger partial charge in [-0.25, -0.2) is 4.98 Å². The van der Waals surface area contributed by atoms with Gasteiger partial charge in [-0.2, -0.15) is 5.10 Å². The molecule has 0 unspecified atom stereocenters. The molecule has 0 saturated carbocycles. The first kappa shape index (κ1) is 14.5. The van der Waals surface area contributed by atoms with Crippen LogP contribution in [-0.2, 0) is 0 Å². The Kier molecular flexibility index (Phi) is 4.72. The maximum Gasteiger partial charge on any atom is 0.147 e. The molecule has 2 aromatic rings. The second-order valence-corrected chi connectivity index (χ2v) is 5.73. The Balaban J connectivity index is 2.12. The van der Waals surface area contributed by atoms with Crippen LogP contribution in [0.4, 0.5) is 5.82 Å². The first-order valence-electron chi connectivity index (χ1n) is 7.22. The minimum Gasteiger partial charge on any atom is -0.261 e. The minimum absolute atomic E-state index is 0.709. The molecule has 106 valence electrons. The number of fused-ring (bicyclic) bond motifs is 1. The fraction of sp³-hybridized carbons (Fsp3) is 0.412. The number of nitrogens with zero attached hydrogens (tertiary/aromatic N) is 2. The molecule has 20 heavy (non-hydrogen) atoms. The summed E-state index contributed by atoms with van der Waals surface area (Å²) in [4.78, 5) is 4.59. The summed E-state index contributed by atoms with van der Waals surface area (Å²) in [5, 5.41) is 5.61. The Morgan fingerprint density at radius 3 is 2.80 bits per heavy atom. The summed E-state index contributed by atoms with van der Waals surface area (Å²) >= 11 is 0. The van der Waals surface area contributed by atoms with E-state index in [1.165, 1.54) is 17.4 Å². The Bertz CT molecular complexity index is 615. The smallest absolute Gasteiger partial charge is 0.147 e. The van der Waals surface area contributed by atoms with E-state index in [2.05, 4.69) is 49.3 Å². The lowest BCUT2D eigenvalue weighted by atomic mass is 10.1. The van der Waals surface area contributed by atoms with E-state index in [1.807, 2.05) is 24.3 Å². The summed E-state index contributed by atoms with van der Waals surface area (Å²) < 4.78 is 0. The minimum atomic E-state index is 0.709. The van der Waals surface area contributed by atoms with E-state index < -0.39 is 0 Å². The van der Waals surface area contributed by atoms with Gasteiger partial charge in [-0.3, -0.25) is 5.43 Å². The maximum absolute atomic E-state index is 4.59. The Morgan fingerprint density at radius 2 is 2.05 bits per heavy atom. The lowest BCUT2D eigenvalue weighted by molar-refractivity contribution is 0.603. The van der Waals surface area contributed by atoms with Crippen molar-refractivity contribution in [3.05, 3.63) is 35.9 Å². The largest absolute Gasteiger partial charge is 0.261 e. The van der Waals surface area contributed by atoms with Gasteiger partial charge in [-0.15, -0.1) is 0 Å². The predicted octanol–water partition coefficient (Wildman–Crippen LogP) is 4.77. The van der Waals surface area contributed by atoms with Crippen molar-refractivity contribution in [1.29, 1.82) is 0 Å². The summed E-state index contributed by atoms with van der Waals surface area (Å²) in [5.41, 5.74) is 6.42. The molecular formula is C17H23N3. The standard InChI is InChI=1S/C17H23N3/c1-12(2)9-10-14(4)19-20-17-11-13(3)15-7-5-6-8-16(15)18-17/h5-8,11-12H,9-10H2,1-4H3,(H,18,20). The van der Waals surface area contributed by atoms with Gasteiger partial charge in [-0.1, -0.05) is 32.0 Å². The average Bonchev–Trinajstić information content (AvgIpc) is 2.43. The van der Waals surface area contributed by atoms with E-state index in [0.717, 1.165) is 23.5 Å². The zero-order chi connectivity index (χ0) is 14.5. The van der Waals surface area contributed by atoms with Gasteiger partial charge in [0.2, 0.25) is 0 Å². The quantitative estimate of drug-likeness (QED) is 0.627. The van der Waals surface area contributed by atoms with E-state index in [0.29, 0.717) is 5.92 Å². The third-order valence-electron chi connectivity index (χ3n) is 3.37. The van der Waals surface area contributed by atoms with Crippen molar-refractivity contribution in [2.45, 2.75) is 40.5 Å². The van der Waals surface area contributed by atoms with Crippen LogP contribution in [0.25, 0.3) is 10.9 Å². The molecule has 0 atom stereocenters. The van der Waals surface area contributed by atoms with E-state index in [1.54, 1.807) is 0 Å². The molecule has 0 spiro atoms. The maximum atomic E-state index is 4.59. The Morgan fingerprint density at radius 1 is 1.30 bits per heavy atom. The number of rotatable bonds is 5. The molecule has 3 nitrogen and oxygen atoms in total.